The van der Waals surface area contributed by atoms with Gasteiger partial charge in [-0.25, -0.2) is 0 Å². The van der Waals surface area contributed by atoms with Crippen LogP contribution in [0.25, 0.3) is 0 Å². The normalized spacial score (nSPS) is 22.2. The summed E-state index contributed by atoms with van der Waals surface area (Å²) < 4.78 is 0.699. The molecule has 56 valence electrons. The molecule has 0 radical (unpaired) electrons. The van der Waals surface area contributed by atoms with E-state index in [2.05, 4.69) is 4.90 Å². The van der Waals surface area contributed by atoms with Gasteiger partial charge in [-0.05, 0) is 25.7 Å². The molecule has 0 amide bonds. The number of hydrogen-bond acceptors (Lipinski definition) is 2. The summed E-state index contributed by atoms with van der Waals surface area (Å²) in [4.78, 5) is 2.27. The average molecular weight is 258 g/mol. The molecule has 0 unspecified atom stereocenters. The summed E-state index contributed by atoms with van der Waals surface area (Å²) in [6.45, 7) is 0. The SMILES string of the molecule is S=C([S-])N(C1CC1)C1CC1.[Rb+]. The number of thiocarbonyl (C=S) groups is 1. The zero-order chi connectivity index (χ0) is 7.14. The second kappa shape index (κ2) is 4.42. The quantitative estimate of drug-likeness (QED) is 0.436. The second-order valence-corrected chi connectivity index (χ2v) is 4.17. The molecule has 0 bridgehead atoms. The minimum atomic E-state index is 0. The molecule has 0 aromatic heterocycles. The van der Waals surface area contributed by atoms with Crippen LogP contribution in [-0.2, 0) is 12.6 Å². The van der Waals surface area contributed by atoms with Gasteiger partial charge in [-0.1, -0.05) is 4.32 Å². The van der Waals surface area contributed by atoms with E-state index in [0.29, 0.717) is 4.32 Å². The van der Waals surface area contributed by atoms with Crippen molar-refractivity contribution in [1.82, 2.24) is 4.90 Å². The van der Waals surface area contributed by atoms with Crippen molar-refractivity contribution >= 4 is 29.2 Å². The third kappa shape index (κ3) is 2.95. The number of rotatable bonds is 2. The predicted octanol–water partition coefficient (Wildman–Crippen LogP) is -1.55. The van der Waals surface area contributed by atoms with E-state index in [9.17, 15) is 0 Å². The topological polar surface area (TPSA) is 3.24 Å². The van der Waals surface area contributed by atoms with Crippen LogP contribution >= 0.6 is 12.2 Å². The summed E-state index contributed by atoms with van der Waals surface area (Å²) >= 11 is 9.98. The van der Waals surface area contributed by atoms with Crippen LogP contribution in [0.15, 0.2) is 0 Å². The van der Waals surface area contributed by atoms with Gasteiger partial charge in [0, 0.05) is 12.1 Å². The van der Waals surface area contributed by atoms with Gasteiger partial charge in [-0.3, -0.25) is 0 Å². The summed E-state index contributed by atoms with van der Waals surface area (Å²) in [5.41, 5.74) is 0. The molecular weight excluding hydrogens is 248 g/mol. The fourth-order valence-electron chi connectivity index (χ4n) is 1.30. The maximum Gasteiger partial charge on any atom is 1.00 e. The van der Waals surface area contributed by atoms with Gasteiger partial charge in [0.2, 0.25) is 0 Å². The molecule has 2 rings (SSSR count). The van der Waals surface area contributed by atoms with E-state index in [1.165, 1.54) is 25.7 Å². The Labute approximate surface area is 127 Å². The molecule has 0 aromatic rings. The van der Waals surface area contributed by atoms with Gasteiger partial charge in [0.25, 0.3) is 0 Å². The Hall–Kier alpha value is 1.92. The third-order valence-corrected chi connectivity index (χ3v) is 2.51. The monoisotopic (exact) mass is 257 g/mol. The molecule has 2 aliphatic carbocycles. The molecule has 1 nitrogen and oxygen atoms in total. The molecule has 0 spiro atoms. The van der Waals surface area contributed by atoms with Crippen LogP contribution in [0.1, 0.15) is 25.7 Å². The van der Waals surface area contributed by atoms with Gasteiger partial charge in [-0.2, -0.15) is 0 Å². The van der Waals surface area contributed by atoms with Crippen molar-refractivity contribution in [1.29, 1.82) is 0 Å². The molecule has 0 heterocycles. The Bertz CT molecular complexity index is 154. The van der Waals surface area contributed by atoms with Crippen molar-refractivity contribution in [3.63, 3.8) is 0 Å². The smallest absolute Gasteiger partial charge is 0.411 e. The summed E-state index contributed by atoms with van der Waals surface area (Å²) in [6.07, 6.45) is 5.25. The van der Waals surface area contributed by atoms with Crippen LogP contribution in [0, 0.1) is 0 Å². The zero-order valence-electron chi connectivity index (χ0n) is 6.75. The van der Waals surface area contributed by atoms with Crippen molar-refractivity contribution in [3.05, 3.63) is 0 Å². The van der Waals surface area contributed by atoms with E-state index in [1.807, 2.05) is 0 Å². The first-order valence-corrected chi connectivity index (χ1v) is 4.60. The predicted molar refractivity (Wildman–Crippen MR) is 47.8 cm³/mol. The van der Waals surface area contributed by atoms with Gasteiger partial charge in [-0.15, -0.1) is 0 Å². The third-order valence-electron chi connectivity index (χ3n) is 2.09. The van der Waals surface area contributed by atoms with E-state index < -0.39 is 0 Å². The molecular formula is C7H10NRbS2. The van der Waals surface area contributed by atoms with Gasteiger partial charge in [0.05, 0.1) is 0 Å². The molecule has 4 heteroatoms. The molecule has 0 aliphatic heterocycles. The van der Waals surface area contributed by atoms with Crippen LogP contribution in [0.3, 0.4) is 0 Å². The Morgan fingerprint density at radius 1 is 1.18 bits per heavy atom. The maximum absolute atomic E-state index is 4.99. The molecule has 0 N–H and O–H groups in total. The average Bonchev–Trinajstić information content (AvgIpc) is 2.49. The second-order valence-electron chi connectivity index (χ2n) is 3.14. The van der Waals surface area contributed by atoms with Crippen LogP contribution in [0.2, 0.25) is 0 Å². The largest absolute Gasteiger partial charge is 1.00 e. The summed E-state index contributed by atoms with van der Waals surface area (Å²) in [5, 5.41) is 0. The first kappa shape index (κ1) is 11.0. The van der Waals surface area contributed by atoms with Gasteiger partial charge in [0.15, 0.2) is 0 Å². The molecule has 2 saturated carbocycles. The van der Waals surface area contributed by atoms with Crippen molar-refractivity contribution in [3.8, 4) is 0 Å². The fraction of sp³-hybridized carbons (Fsp3) is 0.857. The van der Waals surface area contributed by atoms with Crippen molar-refractivity contribution in [2.45, 2.75) is 37.8 Å². The fourth-order valence-corrected chi connectivity index (χ4v) is 1.90. The van der Waals surface area contributed by atoms with E-state index in [1.54, 1.807) is 0 Å². The number of hydrogen-bond donors (Lipinski definition) is 0. The molecule has 0 saturated heterocycles. The summed E-state index contributed by atoms with van der Waals surface area (Å²) in [7, 11) is 0. The van der Waals surface area contributed by atoms with Crippen LogP contribution in [-0.4, -0.2) is 21.3 Å². The van der Waals surface area contributed by atoms with Crippen LogP contribution in [0.4, 0.5) is 0 Å². The van der Waals surface area contributed by atoms with E-state index >= 15 is 0 Å². The first-order chi connectivity index (χ1) is 4.79. The van der Waals surface area contributed by atoms with Crippen molar-refractivity contribution < 1.29 is 58.2 Å². The first-order valence-electron chi connectivity index (χ1n) is 3.78. The minimum absolute atomic E-state index is 0. The molecule has 2 aliphatic rings. The zero-order valence-corrected chi connectivity index (χ0v) is 13.3. The van der Waals surface area contributed by atoms with E-state index in [4.69, 9.17) is 24.8 Å². The van der Waals surface area contributed by atoms with Gasteiger partial charge < -0.3 is 29.7 Å². The van der Waals surface area contributed by atoms with Crippen molar-refractivity contribution in [2.75, 3.05) is 0 Å². The Kier molecular flexibility index (Phi) is 4.42. The minimum Gasteiger partial charge on any atom is -0.411 e. The van der Waals surface area contributed by atoms with Crippen LogP contribution in [0.5, 0.6) is 0 Å². The van der Waals surface area contributed by atoms with Gasteiger partial charge in [0.1, 0.15) is 0 Å². The maximum atomic E-state index is 4.99. The molecule has 2 fully saturated rings. The molecule has 0 aromatic carbocycles. The van der Waals surface area contributed by atoms with Gasteiger partial charge >= 0.3 is 58.2 Å². The Balaban J connectivity index is 0.000000605. The summed E-state index contributed by atoms with van der Waals surface area (Å²) in [6, 6.07) is 1.47. The van der Waals surface area contributed by atoms with Crippen LogP contribution < -0.4 is 58.2 Å². The van der Waals surface area contributed by atoms with E-state index in [-0.39, 0.29) is 58.2 Å². The Morgan fingerprint density at radius 2 is 1.55 bits per heavy atom. The number of nitrogens with zero attached hydrogens (tertiary/aromatic N) is 1. The van der Waals surface area contributed by atoms with Crippen molar-refractivity contribution in [2.24, 2.45) is 0 Å². The summed E-state index contributed by atoms with van der Waals surface area (Å²) in [5.74, 6) is 0. The molecule has 11 heavy (non-hydrogen) atoms. The Morgan fingerprint density at radius 3 is 1.73 bits per heavy atom. The molecule has 0 atom stereocenters. The standard InChI is InChI=1S/C7H11NS2.Rb/c9-7(10)8(5-1-2-5)6-3-4-6;/h5-6H,1-4H2,(H,9,10);/q;+1/p-1. The van der Waals surface area contributed by atoms with E-state index in [0.717, 1.165) is 12.1 Å².